The lowest BCUT2D eigenvalue weighted by atomic mass is 9.46. The summed E-state index contributed by atoms with van der Waals surface area (Å²) >= 11 is 0. The van der Waals surface area contributed by atoms with Crippen LogP contribution in [-0.2, 0) is 4.79 Å². The van der Waals surface area contributed by atoms with Gasteiger partial charge in [0, 0.05) is 9.16 Å². The summed E-state index contributed by atoms with van der Waals surface area (Å²) in [6.45, 7) is 10.6. The number of hydrogen-bond acceptors (Lipinski definition) is 2. The third kappa shape index (κ3) is 3.22. The summed E-state index contributed by atoms with van der Waals surface area (Å²) in [6, 6.07) is 0. The number of rotatable bonds is 4. The predicted molar refractivity (Wildman–Crippen MR) is 115 cm³/mol. The Morgan fingerprint density at radius 2 is 1.96 bits per heavy atom. The zero-order valence-electron chi connectivity index (χ0n) is 20.7. The molecule has 158 valence electrons. The van der Waals surface area contributed by atoms with Crippen molar-refractivity contribution < 1.29 is 12.6 Å². The molecule has 0 saturated heterocycles. The molecule has 28 heavy (non-hydrogen) atoms. The summed E-state index contributed by atoms with van der Waals surface area (Å²) in [5, 5.41) is 10.8. The maximum atomic E-state index is 11.5. The van der Waals surface area contributed by atoms with Crippen LogP contribution in [0.15, 0.2) is 11.6 Å². The Balaban J connectivity index is 1.60. The van der Waals surface area contributed by atoms with Crippen LogP contribution in [0.25, 0.3) is 0 Å². The molecule has 0 bridgehead atoms. The lowest BCUT2D eigenvalue weighted by Gasteiger charge is -2.59. The van der Waals surface area contributed by atoms with Crippen molar-refractivity contribution in [1.29, 1.82) is 0 Å². The van der Waals surface area contributed by atoms with E-state index in [0.717, 1.165) is 24.8 Å². The first-order chi connectivity index (χ1) is 13.8. The number of Topliss-reactive ketones (excluding diaryl/α,β-unsaturated/α-hetero) is 1. The lowest BCUT2D eigenvalue weighted by Crippen LogP contribution is -2.52. The molecule has 4 rings (SSSR count). The van der Waals surface area contributed by atoms with Crippen molar-refractivity contribution in [2.24, 2.45) is 40.4 Å². The highest BCUT2D eigenvalue weighted by Crippen LogP contribution is 2.67. The van der Waals surface area contributed by atoms with Gasteiger partial charge in [0.25, 0.3) is 0 Å². The van der Waals surface area contributed by atoms with Crippen molar-refractivity contribution in [3.8, 4) is 0 Å². The molecule has 0 aromatic rings. The Bertz CT molecular complexity index is 741. The highest BCUT2D eigenvalue weighted by atomic mass is 16.3. The molecule has 0 heterocycles. The fourth-order valence-corrected chi connectivity index (χ4v) is 8.07. The highest BCUT2D eigenvalue weighted by molar-refractivity contribution is 5.75. The maximum Gasteiger partial charge on any atom is 0.129 e. The van der Waals surface area contributed by atoms with Crippen molar-refractivity contribution in [3.63, 3.8) is 0 Å². The van der Waals surface area contributed by atoms with Crippen LogP contribution in [0.5, 0.6) is 0 Å². The molecular weight excluding hydrogens is 344 g/mol. The summed E-state index contributed by atoms with van der Waals surface area (Å²) < 4.78 is 17.5. The minimum absolute atomic E-state index is 0.117. The third-order valence-electron chi connectivity index (χ3n) is 9.71. The molecule has 4 aliphatic rings. The van der Waals surface area contributed by atoms with Gasteiger partial charge in [-0.25, -0.2) is 0 Å². The Hall–Kier alpha value is -0.630. The van der Waals surface area contributed by atoms with Crippen LogP contribution < -0.4 is 0 Å². The SMILES string of the molecule is [2H]C1([2H])C2=CC[C@H]3[C@@H]4CC[C@H]([C@H](C)CCC(C)=O)[C@@]4(C)CC[C@@H]3[C@@]2(C)CC[C@]1(C)O. The maximum absolute atomic E-state index is 11.5. The van der Waals surface area contributed by atoms with Crippen LogP contribution in [0, 0.1) is 40.4 Å². The van der Waals surface area contributed by atoms with Crippen LogP contribution >= 0.6 is 0 Å². The van der Waals surface area contributed by atoms with E-state index in [1.54, 1.807) is 13.8 Å². The van der Waals surface area contributed by atoms with Gasteiger partial charge >= 0.3 is 0 Å². The number of carbonyl (C=O) groups is 1. The zero-order valence-corrected chi connectivity index (χ0v) is 18.7. The molecule has 3 saturated carbocycles. The van der Waals surface area contributed by atoms with Crippen LogP contribution in [0.1, 0.15) is 102 Å². The lowest BCUT2D eigenvalue weighted by molar-refractivity contribution is -0.117. The van der Waals surface area contributed by atoms with Gasteiger partial charge in [-0.1, -0.05) is 32.4 Å². The summed E-state index contributed by atoms with van der Waals surface area (Å²) in [6.07, 6.45) is 9.70. The summed E-state index contributed by atoms with van der Waals surface area (Å²) in [7, 11) is 0. The second kappa shape index (κ2) is 6.96. The quantitative estimate of drug-likeness (QED) is 0.572. The molecule has 0 aromatic heterocycles. The molecule has 0 amide bonds. The Labute approximate surface area is 175 Å². The van der Waals surface area contributed by atoms with Crippen LogP contribution in [0.4, 0.5) is 0 Å². The van der Waals surface area contributed by atoms with Gasteiger partial charge in [0.1, 0.15) is 5.78 Å². The van der Waals surface area contributed by atoms with E-state index in [1.165, 1.54) is 25.7 Å². The van der Waals surface area contributed by atoms with Gasteiger partial charge in [-0.15, -0.1) is 0 Å². The Morgan fingerprint density at radius 3 is 2.68 bits per heavy atom. The minimum Gasteiger partial charge on any atom is -0.390 e. The van der Waals surface area contributed by atoms with E-state index < -0.39 is 12.0 Å². The summed E-state index contributed by atoms with van der Waals surface area (Å²) in [5.74, 6) is 3.51. The van der Waals surface area contributed by atoms with E-state index >= 15 is 0 Å². The van der Waals surface area contributed by atoms with Gasteiger partial charge in [0.15, 0.2) is 0 Å². The topological polar surface area (TPSA) is 37.3 Å². The van der Waals surface area contributed by atoms with Crippen LogP contribution in [-0.4, -0.2) is 16.5 Å². The second-order valence-electron chi connectivity index (χ2n) is 11.5. The molecule has 1 N–H and O–H groups in total. The molecule has 8 atom stereocenters. The van der Waals surface area contributed by atoms with Crippen molar-refractivity contribution in [2.75, 3.05) is 0 Å². The largest absolute Gasteiger partial charge is 0.390 e. The molecule has 4 aliphatic carbocycles. The van der Waals surface area contributed by atoms with E-state index in [2.05, 4.69) is 26.8 Å². The van der Waals surface area contributed by atoms with Crippen molar-refractivity contribution in [3.05, 3.63) is 11.6 Å². The smallest absolute Gasteiger partial charge is 0.129 e. The molecular formula is C26H42O2. The average Bonchev–Trinajstić information content (AvgIpc) is 3.01. The molecule has 0 aliphatic heterocycles. The van der Waals surface area contributed by atoms with Crippen LogP contribution in [0.2, 0.25) is 0 Å². The average molecular weight is 389 g/mol. The number of fused-ring (bicyclic) bond motifs is 5. The molecule has 0 aromatic carbocycles. The number of carbonyl (C=O) groups excluding carboxylic acids is 1. The normalized spacial score (nSPS) is 51.7. The van der Waals surface area contributed by atoms with Gasteiger partial charge in [-0.05, 0) is 112 Å². The molecule has 0 spiro atoms. The van der Waals surface area contributed by atoms with Crippen molar-refractivity contribution in [2.45, 2.75) is 104 Å². The van der Waals surface area contributed by atoms with Gasteiger partial charge in [0.05, 0.1) is 5.60 Å². The molecule has 3 fully saturated rings. The van der Waals surface area contributed by atoms with Crippen molar-refractivity contribution >= 4 is 5.78 Å². The van der Waals surface area contributed by atoms with Gasteiger partial charge < -0.3 is 9.90 Å². The van der Waals surface area contributed by atoms with Gasteiger partial charge in [-0.3, -0.25) is 0 Å². The Kier molecular flexibility index (Phi) is 4.52. The zero-order chi connectivity index (χ0) is 22.1. The summed E-state index contributed by atoms with van der Waals surface area (Å²) in [5.41, 5.74) is -0.133. The van der Waals surface area contributed by atoms with Gasteiger partial charge in [0.2, 0.25) is 0 Å². The van der Waals surface area contributed by atoms with E-state index in [4.69, 9.17) is 2.74 Å². The van der Waals surface area contributed by atoms with E-state index in [-0.39, 0.29) is 5.41 Å². The summed E-state index contributed by atoms with van der Waals surface area (Å²) in [4.78, 5) is 11.5. The second-order valence-corrected chi connectivity index (χ2v) is 11.5. The van der Waals surface area contributed by atoms with E-state index in [0.29, 0.717) is 53.6 Å². The standard InChI is InChI=1S/C26H42O2/c1-17(6-7-18(2)27)21-10-11-22-20-9-8-19-16-24(3,28)14-15-25(19,4)23(20)12-13-26(21,22)5/h8,17,20-23,28H,6-7,9-16H2,1-5H3/t17-,20+,21-,22+,23+,24+,25+,26-/m1/s1/i16D2. The molecule has 0 radical (unpaired) electrons. The molecule has 2 nitrogen and oxygen atoms in total. The van der Waals surface area contributed by atoms with Crippen molar-refractivity contribution in [1.82, 2.24) is 0 Å². The fourth-order valence-electron chi connectivity index (χ4n) is 8.07. The third-order valence-corrected chi connectivity index (χ3v) is 9.71. The van der Waals surface area contributed by atoms with E-state index in [1.807, 2.05) is 0 Å². The molecule has 0 unspecified atom stereocenters. The first-order valence-corrected chi connectivity index (χ1v) is 11.8. The first-order valence-electron chi connectivity index (χ1n) is 12.8. The number of ketones is 1. The van der Waals surface area contributed by atoms with E-state index in [9.17, 15) is 9.90 Å². The fraction of sp³-hybridized carbons (Fsp3) is 0.885. The van der Waals surface area contributed by atoms with Crippen LogP contribution in [0.3, 0.4) is 0 Å². The van der Waals surface area contributed by atoms with Gasteiger partial charge in [-0.2, -0.15) is 0 Å². The Morgan fingerprint density at radius 1 is 1.21 bits per heavy atom. The monoisotopic (exact) mass is 388 g/mol. The number of allylic oxidation sites excluding steroid dienone is 1. The predicted octanol–water partition coefficient (Wildman–Crippen LogP) is 6.32. The number of hydrogen-bond donors (Lipinski definition) is 1. The molecule has 2 heteroatoms. The number of aliphatic hydroxyl groups is 1. The highest BCUT2D eigenvalue weighted by Gasteiger charge is 2.59. The first kappa shape index (κ1) is 18.2. The minimum atomic E-state index is -1.63.